The predicted molar refractivity (Wildman–Crippen MR) is 74.5 cm³/mol. The van der Waals surface area contributed by atoms with Crippen molar-refractivity contribution in [2.24, 2.45) is 0 Å². The fourth-order valence-electron chi connectivity index (χ4n) is 3.02. The van der Waals surface area contributed by atoms with Gasteiger partial charge >= 0.3 is 6.18 Å². The fourth-order valence-corrected chi connectivity index (χ4v) is 3.02. The first-order valence-corrected chi connectivity index (χ1v) is 7.40. The van der Waals surface area contributed by atoms with E-state index in [2.05, 4.69) is 5.32 Å². The molecule has 0 amide bonds. The van der Waals surface area contributed by atoms with Crippen molar-refractivity contribution in [2.45, 2.75) is 63.7 Å². The number of hydrogen-bond acceptors (Lipinski definition) is 1. The highest BCUT2D eigenvalue weighted by atomic mass is 19.4. The number of nitrogens with one attached hydrogen (secondary N) is 1. The minimum atomic E-state index is -4.28. The van der Waals surface area contributed by atoms with E-state index in [4.69, 9.17) is 0 Å². The molecule has 0 saturated heterocycles. The van der Waals surface area contributed by atoms with E-state index in [1.165, 1.54) is 37.8 Å². The second-order valence-electron chi connectivity index (χ2n) is 5.66. The standard InChI is InChI=1S/C16H22F3N/c1-12(20-13-8-4-2-3-5-9-13)14-10-6-7-11-15(14)16(17,18)19/h6-7,10-13,20H,2-5,8-9H2,1H3. The van der Waals surface area contributed by atoms with Crippen LogP contribution in [-0.4, -0.2) is 6.04 Å². The molecule has 1 unspecified atom stereocenters. The molecule has 1 aromatic rings. The Morgan fingerprint density at radius 2 is 1.65 bits per heavy atom. The zero-order valence-electron chi connectivity index (χ0n) is 11.8. The van der Waals surface area contributed by atoms with Crippen molar-refractivity contribution >= 4 is 0 Å². The van der Waals surface area contributed by atoms with Crippen LogP contribution in [0.1, 0.15) is 62.6 Å². The highest BCUT2D eigenvalue weighted by molar-refractivity contribution is 5.32. The molecule has 1 aliphatic rings. The zero-order chi connectivity index (χ0) is 14.6. The smallest absolute Gasteiger partial charge is 0.307 e. The highest BCUT2D eigenvalue weighted by Crippen LogP contribution is 2.34. The van der Waals surface area contributed by atoms with Crippen LogP contribution in [0.3, 0.4) is 0 Å². The quantitative estimate of drug-likeness (QED) is 0.764. The van der Waals surface area contributed by atoms with Gasteiger partial charge in [-0.25, -0.2) is 0 Å². The van der Waals surface area contributed by atoms with Crippen molar-refractivity contribution in [3.8, 4) is 0 Å². The lowest BCUT2D eigenvalue weighted by Crippen LogP contribution is -2.32. The second-order valence-corrected chi connectivity index (χ2v) is 5.66. The lowest BCUT2D eigenvalue weighted by molar-refractivity contribution is -0.138. The topological polar surface area (TPSA) is 12.0 Å². The number of benzene rings is 1. The van der Waals surface area contributed by atoms with Crippen LogP contribution in [0.4, 0.5) is 13.2 Å². The molecule has 0 spiro atoms. The first-order valence-electron chi connectivity index (χ1n) is 7.40. The summed E-state index contributed by atoms with van der Waals surface area (Å²) in [6, 6.07) is 5.95. The summed E-state index contributed by atoms with van der Waals surface area (Å²) in [5, 5.41) is 3.39. The normalized spacial score (nSPS) is 19.6. The lowest BCUT2D eigenvalue weighted by atomic mass is 9.99. The third-order valence-electron chi connectivity index (χ3n) is 4.07. The van der Waals surface area contributed by atoms with Crippen LogP contribution < -0.4 is 5.32 Å². The minimum absolute atomic E-state index is 0.268. The Morgan fingerprint density at radius 3 is 2.25 bits per heavy atom. The SMILES string of the molecule is CC(NC1CCCCCC1)c1ccccc1C(F)(F)F. The van der Waals surface area contributed by atoms with Gasteiger partial charge in [-0.1, -0.05) is 43.9 Å². The maximum atomic E-state index is 13.0. The molecule has 20 heavy (non-hydrogen) atoms. The molecule has 1 atom stereocenters. The molecule has 4 heteroatoms. The van der Waals surface area contributed by atoms with Gasteiger partial charge in [0.1, 0.15) is 0 Å². The van der Waals surface area contributed by atoms with E-state index in [9.17, 15) is 13.2 Å². The molecule has 1 saturated carbocycles. The van der Waals surface area contributed by atoms with E-state index in [1.54, 1.807) is 12.1 Å². The third kappa shape index (κ3) is 3.98. The Balaban J connectivity index is 2.10. The van der Waals surface area contributed by atoms with Crippen LogP contribution in [0.2, 0.25) is 0 Å². The van der Waals surface area contributed by atoms with Gasteiger partial charge in [-0.2, -0.15) is 13.2 Å². The predicted octanol–water partition coefficient (Wildman–Crippen LogP) is 5.08. The van der Waals surface area contributed by atoms with E-state index in [-0.39, 0.29) is 6.04 Å². The van der Waals surface area contributed by atoms with E-state index < -0.39 is 11.7 Å². The lowest BCUT2D eigenvalue weighted by Gasteiger charge is -2.24. The Hall–Kier alpha value is -1.03. The minimum Gasteiger partial charge on any atom is -0.307 e. The molecule has 0 heterocycles. The Kier molecular flexibility index (Phi) is 5.08. The maximum absolute atomic E-state index is 13.0. The van der Waals surface area contributed by atoms with Crippen molar-refractivity contribution in [2.75, 3.05) is 0 Å². The van der Waals surface area contributed by atoms with Crippen molar-refractivity contribution < 1.29 is 13.2 Å². The monoisotopic (exact) mass is 285 g/mol. The highest BCUT2D eigenvalue weighted by Gasteiger charge is 2.34. The van der Waals surface area contributed by atoms with Crippen molar-refractivity contribution in [1.82, 2.24) is 5.32 Å². The van der Waals surface area contributed by atoms with Gasteiger partial charge in [-0.3, -0.25) is 0 Å². The van der Waals surface area contributed by atoms with Crippen LogP contribution >= 0.6 is 0 Å². The van der Waals surface area contributed by atoms with Crippen LogP contribution in [0, 0.1) is 0 Å². The van der Waals surface area contributed by atoms with Gasteiger partial charge in [-0.05, 0) is 31.4 Å². The molecular weight excluding hydrogens is 263 g/mol. The molecule has 1 aliphatic carbocycles. The summed E-state index contributed by atoms with van der Waals surface area (Å²) >= 11 is 0. The molecular formula is C16H22F3N. The number of rotatable bonds is 3. The maximum Gasteiger partial charge on any atom is 0.416 e. The van der Waals surface area contributed by atoms with Crippen molar-refractivity contribution in [3.63, 3.8) is 0 Å². The summed E-state index contributed by atoms with van der Waals surface area (Å²) in [6.07, 6.45) is 2.68. The molecule has 112 valence electrons. The molecule has 1 aromatic carbocycles. The average Bonchev–Trinajstić information content (AvgIpc) is 2.66. The summed E-state index contributed by atoms with van der Waals surface area (Å²) in [7, 11) is 0. The molecule has 0 aliphatic heterocycles. The molecule has 2 rings (SSSR count). The van der Waals surface area contributed by atoms with Crippen molar-refractivity contribution in [1.29, 1.82) is 0 Å². The van der Waals surface area contributed by atoms with Crippen LogP contribution in [0.25, 0.3) is 0 Å². The summed E-state index contributed by atoms with van der Waals surface area (Å²) in [4.78, 5) is 0. The average molecular weight is 285 g/mol. The van der Waals surface area contributed by atoms with Crippen molar-refractivity contribution in [3.05, 3.63) is 35.4 Å². The third-order valence-corrected chi connectivity index (χ3v) is 4.07. The Labute approximate surface area is 118 Å². The van der Waals surface area contributed by atoms with Gasteiger partial charge in [0, 0.05) is 12.1 Å². The van der Waals surface area contributed by atoms with Crippen LogP contribution in [-0.2, 0) is 6.18 Å². The summed E-state index contributed by atoms with van der Waals surface area (Å²) in [5.41, 5.74) is -0.169. The first-order chi connectivity index (χ1) is 9.48. The van der Waals surface area contributed by atoms with E-state index in [0.717, 1.165) is 12.8 Å². The second kappa shape index (κ2) is 6.61. The molecule has 1 fully saturated rings. The molecule has 1 N–H and O–H groups in total. The Bertz CT molecular complexity index is 420. The van der Waals surface area contributed by atoms with Gasteiger partial charge < -0.3 is 5.32 Å². The zero-order valence-corrected chi connectivity index (χ0v) is 11.8. The number of halogens is 3. The van der Waals surface area contributed by atoms with Gasteiger partial charge in [0.2, 0.25) is 0 Å². The summed E-state index contributed by atoms with van der Waals surface area (Å²) < 4.78 is 39.1. The first kappa shape index (κ1) is 15.4. The van der Waals surface area contributed by atoms with E-state index >= 15 is 0 Å². The van der Waals surface area contributed by atoms with Gasteiger partial charge in [0.25, 0.3) is 0 Å². The largest absolute Gasteiger partial charge is 0.416 e. The van der Waals surface area contributed by atoms with E-state index in [0.29, 0.717) is 11.6 Å². The van der Waals surface area contributed by atoms with Gasteiger partial charge in [0.15, 0.2) is 0 Å². The summed E-state index contributed by atoms with van der Waals surface area (Å²) in [6.45, 7) is 1.83. The molecule has 0 radical (unpaired) electrons. The number of alkyl halides is 3. The molecule has 0 bridgehead atoms. The summed E-state index contributed by atoms with van der Waals surface area (Å²) in [5.74, 6) is 0. The number of hydrogen-bond donors (Lipinski definition) is 1. The van der Waals surface area contributed by atoms with Crippen LogP contribution in [0.15, 0.2) is 24.3 Å². The van der Waals surface area contributed by atoms with Gasteiger partial charge in [0.05, 0.1) is 5.56 Å². The fraction of sp³-hybridized carbons (Fsp3) is 0.625. The van der Waals surface area contributed by atoms with Gasteiger partial charge in [-0.15, -0.1) is 0 Å². The molecule has 0 aromatic heterocycles. The Morgan fingerprint density at radius 1 is 1.05 bits per heavy atom. The molecule has 1 nitrogen and oxygen atoms in total. The van der Waals surface area contributed by atoms with E-state index in [1.807, 2.05) is 6.92 Å². The van der Waals surface area contributed by atoms with Crippen LogP contribution in [0.5, 0.6) is 0 Å².